The maximum atomic E-state index is 11.7. The van der Waals surface area contributed by atoms with E-state index < -0.39 is 8.32 Å². The van der Waals surface area contributed by atoms with Gasteiger partial charge in [-0.2, -0.15) is 0 Å². The van der Waals surface area contributed by atoms with Crippen molar-refractivity contribution in [3.63, 3.8) is 0 Å². The molecule has 3 rings (SSSR count). The third-order valence-electron chi connectivity index (χ3n) is 6.30. The van der Waals surface area contributed by atoms with Crippen molar-refractivity contribution in [2.75, 3.05) is 13.1 Å². The second kappa shape index (κ2) is 6.82. The SMILES string of the molecule is O=C1CCCN1CCC[Si](O)(C1CCCC1)C1CCCC1. The first-order valence-electron chi connectivity index (χ1n) is 9.20. The molecule has 0 bridgehead atoms. The first-order chi connectivity index (χ1) is 10.2. The largest absolute Gasteiger partial charge is 0.431 e. The minimum Gasteiger partial charge on any atom is -0.431 e. The van der Waals surface area contributed by atoms with E-state index in [2.05, 4.69) is 0 Å². The number of hydrogen-bond donors (Lipinski definition) is 1. The summed E-state index contributed by atoms with van der Waals surface area (Å²) in [5.74, 6) is 0.335. The Hall–Kier alpha value is -0.353. The summed E-state index contributed by atoms with van der Waals surface area (Å²) in [7, 11) is -2.12. The Morgan fingerprint density at radius 2 is 1.57 bits per heavy atom. The van der Waals surface area contributed by atoms with Gasteiger partial charge in [-0.3, -0.25) is 4.79 Å². The molecule has 21 heavy (non-hydrogen) atoms. The summed E-state index contributed by atoms with van der Waals surface area (Å²) in [5.41, 5.74) is 1.32. The van der Waals surface area contributed by atoms with Crippen molar-refractivity contribution in [1.29, 1.82) is 0 Å². The second-order valence-electron chi connectivity index (χ2n) is 7.54. The van der Waals surface area contributed by atoms with Crippen LogP contribution in [0.25, 0.3) is 0 Å². The third-order valence-corrected chi connectivity index (χ3v) is 11.4. The van der Waals surface area contributed by atoms with Crippen LogP contribution in [0, 0.1) is 0 Å². The van der Waals surface area contributed by atoms with Gasteiger partial charge in [0.15, 0.2) is 8.32 Å². The van der Waals surface area contributed by atoms with Crippen LogP contribution in [0.4, 0.5) is 0 Å². The van der Waals surface area contributed by atoms with E-state index >= 15 is 0 Å². The Labute approximate surface area is 130 Å². The minimum absolute atomic E-state index is 0.335. The summed E-state index contributed by atoms with van der Waals surface area (Å²) in [5, 5.41) is 0. The van der Waals surface area contributed by atoms with Crippen LogP contribution in [-0.4, -0.2) is 37.0 Å². The smallest absolute Gasteiger partial charge is 0.222 e. The highest BCUT2D eigenvalue weighted by atomic mass is 28.4. The molecule has 3 fully saturated rings. The van der Waals surface area contributed by atoms with Crippen LogP contribution < -0.4 is 0 Å². The van der Waals surface area contributed by atoms with E-state index in [1.807, 2.05) is 4.90 Å². The molecule has 0 spiro atoms. The fraction of sp³-hybridized carbons (Fsp3) is 0.941. The normalized spacial score (nSPS) is 25.4. The molecule has 120 valence electrons. The van der Waals surface area contributed by atoms with E-state index in [-0.39, 0.29) is 0 Å². The highest BCUT2D eigenvalue weighted by molar-refractivity contribution is 6.75. The summed E-state index contributed by atoms with van der Waals surface area (Å²) in [6.07, 6.45) is 13.3. The lowest BCUT2D eigenvalue weighted by Crippen LogP contribution is -2.44. The standard InChI is InChI=1S/C17H31NO2Si/c19-17-11-5-12-18(17)13-6-14-21(20,15-7-1-2-8-15)16-9-3-4-10-16/h15-16,20H,1-14H2. The molecular formula is C17H31NO2Si. The van der Waals surface area contributed by atoms with Crippen molar-refractivity contribution in [3.05, 3.63) is 0 Å². The number of carbonyl (C=O) groups excluding carboxylic acids is 1. The summed E-state index contributed by atoms with van der Waals surface area (Å²) in [6.45, 7) is 1.85. The highest BCUT2D eigenvalue weighted by Gasteiger charge is 2.47. The van der Waals surface area contributed by atoms with E-state index in [9.17, 15) is 9.59 Å². The third kappa shape index (κ3) is 3.36. The lowest BCUT2D eigenvalue weighted by atomic mass is 10.3. The zero-order chi connectivity index (χ0) is 14.7. The number of carbonyl (C=O) groups is 1. The summed E-state index contributed by atoms with van der Waals surface area (Å²) < 4.78 is 0. The molecule has 1 amide bonds. The molecule has 0 aromatic carbocycles. The number of hydrogen-bond acceptors (Lipinski definition) is 2. The predicted molar refractivity (Wildman–Crippen MR) is 87.6 cm³/mol. The van der Waals surface area contributed by atoms with Crippen LogP contribution in [0.1, 0.15) is 70.6 Å². The van der Waals surface area contributed by atoms with Gasteiger partial charge in [0.25, 0.3) is 0 Å². The zero-order valence-electron chi connectivity index (χ0n) is 13.4. The topological polar surface area (TPSA) is 40.5 Å². The van der Waals surface area contributed by atoms with E-state index in [0.717, 1.165) is 38.4 Å². The van der Waals surface area contributed by atoms with Gasteiger partial charge < -0.3 is 9.70 Å². The number of amides is 1. The van der Waals surface area contributed by atoms with Crippen molar-refractivity contribution in [3.8, 4) is 0 Å². The fourth-order valence-corrected chi connectivity index (χ4v) is 10.1. The van der Waals surface area contributed by atoms with Gasteiger partial charge in [-0.25, -0.2) is 0 Å². The van der Waals surface area contributed by atoms with Gasteiger partial charge in [0, 0.05) is 19.5 Å². The van der Waals surface area contributed by atoms with E-state index in [0.29, 0.717) is 17.0 Å². The van der Waals surface area contributed by atoms with Crippen LogP contribution in [-0.2, 0) is 4.79 Å². The quantitative estimate of drug-likeness (QED) is 0.758. The van der Waals surface area contributed by atoms with Crippen LogP contribution in [0.2, 0.25) is 17.1 Å². The Balaban J connectivity index is 1.57. The second-order valence-corrected chi connectivity index (χ2v) is 11.7. The maximum absolute atomic E-state index is 11.7. The van der Waals surface area contributed by atoms with Gasteiger partial charge in [-0.1, -0.05) is 51.4 Å². The van der Waals surface area contributed by atoms with Gasteiger partial charge in [-0.05, 0) is 30.0 Å². The molecule has 1 aliphatic heterocycles. The van der Waals surface area contributed by atoms with Crippen LogP contribution in [0.15, 0.2) is 0 Å². The Kier molecular flexibility index (Phi) is 5.05. The molecule has 0 aromatic rings. The number of likely N-dealkylation sites (tertiary alicyclic amines) is 1. The average molecular weight is 310 g/mol. The van der Waals surface area contributed by atoms with Gasteiger partial charge in [0.05, 0.1) is 0 Å². The first-order valence-corrected chi connectivity index (χ1v) is 11.5. The van der Waals surface area contributed by atoms with Crippen molar-refractivity contribution in [2.45, 2.75) is 87.8 Å². The maximum Gasteiger partial charge on any atom is 0.222 e. The van der Waals surface area contributed by atoms with Crippen LogP contribution in [0.5, 0.6) is 0 Å². The molecule has 4 heteroatoms. The van der Waals surface area contributed by atoms with Crippen molar-refractivity contribution < 1.29 is 9.59 Å². The monoisotopic (exact) mass is 309 g/mol. The van der Waals surface area contributed by atoms with Gasteiger partial charge >= 0.3 is 0 Å². The molecular weight excluding hydrogens is 278 g/mol. The molecule has 2 saturated carbocycles. The lowest BCUT2D eigenvalue weighted by Gasteiger charge is -2.37. The molecule has 0 radical (unpaired) electrons. The van der Waals surface area contributed by atoms with Crippen molar-refractivity contribution in [2.24, 2.45) is 0 Å². The Morgan fingerprint density at radius 3 is 2.05 bits per heavy atom. The molecule has 1 heterocycles. The minimum atomic E-state index is -2.12. The molecule has 3 nitrogen and oxygen atoms in total. The average Bonchev–Trinajstić information content (AvgIpc) is 3.22. The predicted octanol–water partition coefficient (Wildman–Crippen LogP) is 3.83. The van der Waals surface area contributed by atoms with Gasteiger partial charge in [0.2, 0.25) is 5.91 Å². The van der Waals surface area contributed by atoms with Gasteiger partial charge in [0.1, 0.15) is 0 Å². The lowest BCUT2D eigenvalue weighted by molar-refractivity contribution is -0.127. The number of rotatable bonds is 6. The number of nitrogens with zero attached hydrogens (tertiary/aromatic N) is 1. The van der Waals surface area contributed by atoms with Crippen LogP contribution >= 0.6 is 0 Å². The Morgan fingerprint density at radius 1 is 1.00 bits per heavy atom. The van der Waals surface area contributed by atoms with E-state index in [1.54, 1.807) is 0 Å². The molecule has 2 aliphatic carbocycles. The summed E-state index contributed by atoms with van der Waals surface area (Å²) >= 11 is 0. The fourth-order valence-electron chi connectivity index (χ4n) is 5.09. The van der Waals surface area contributed by atoms with Crippen molar-refractivity contribution in [1.82, 2.24) is 4.90 Å². The Bertz CT molecular complexity index is 346. The van der Waals surface area contributed by atoms with Crippen LogP contribution in [0.3, 0.4) is 0 Å². The highest BCUT2D eigenvalue weighted by Crippen LogP contribution is 2.50. The summed E-state index contributed by atoms with van der Waals surface area (Å²) in [4.78, 5) is 25.3. The molecule has 3 aliphatic rings. The van der Waals surface area contributed by atoms with Gasteiger partial charge in [-0.15, -0.1) is 0 Å². The first kappa shape index (κ1) is 15.5. The zero-order valence-corrected chi connectivity index (χ0v) is 14.4. The molecule has 0 aromatic heterocycles. The van der Waals surface area contributed by atoms with E-state index in [1.165, 1.54) is 51.4 Å². The van der Waals surface area contributed by atoms with E-state index in [4.69, 9.17) is 0 Å². The summed E-state index contributed by atoms with van der Waals surface area (Å²) in [6, 6.07) is 1.05. The molecule has 0 unspecified atom stereocenters. The van der Waals surface area contributed by atoms with Crippen molar-refractivity contribution >= 4 is 14.2 Å². The molecule has 0 atom stereocenters. The molecule has 1 saturated heterocycles. The molecule has 1 N–H and O–H groups in total.